The second-order valence-corrected chi connectivity index (χ2v) is 5.01. The van der Waals surface area contributed by atoms with Gasteiger partial charge in [0, 0.05) is 17.2 Å². The van der Waals surface area contributed by atoms with Crippen molar-refractivity contribution < 1.29 is 14.8 Å². The highest BCUT2D eigenvalue weighted by molar-refractivity contribution is 6.30. The first kappa shape index (κ1) is 15.0. The molecule has 0 aromatic heterocycles. The van der Waals surface area contributed by atoms with E-state index in [1.807, 2.05) is 0 Å². The number of non-ortho nitro benzene ring substituents is 1. The summed E-state index contributed by atoms with van der Waals surface area (Å²) in [7, 11) is 0. The zero-order valence-electron chi connectivity index (χ0n) is 10.9. The number of hydrogen-bond donors (Lipinski definition) is 1. The van der Waals surface area contributed by atoms with Crippen LogP contribution in [0.5, 0.6) is 0 Å². The third-order valence-electron chi connectivity index (χ3n) is 3.16. The minimum Gasteiger partial charge on any atom is -0.481 e. The largest absolute Gasteiger partial charge is 0.481 e. The highest BCUT2D eigenvalue weighted by atomic mass is 35.5. The Labute approximate surface area is 125 Å². The fourth-order valence-electron chi connectivity index (χ4n) is 2.03. The van der Waals surface area contributed by atoms with E-state index in [1.54, 1.807) is 36.4 Å². The monoisotopic (exact) mass is 305 g/mol. The second kappa shape index (κ2) is 6.37. The number of nitro benzene ring substituents is 1. The third kappa shape index (κ3) is 3.79. The maximum absolute atomic E-state index is 11.4. The van der Waals surface area contributed by atoms with Gasteiger partial charge in [-0.05, 0) is 29.7 Å². The summed E-state index contributed by atoms with van der Waals surface area (Å²) in [6, 6.07) is 12.5. The van der Waals surface area contributed by atoms with Crippen molar-refractivity contribution in [1.29, 1.82) is 0 Å². The second-order valence-electron chi connectivity index (χ2n) is 4.57. The van der Waals surface area contributed by atoms with Crippen molar-refractivity contribution in [3.8, 4) is 0 Å². The number of carbonyl (C=O) groups is 1. The molecule has 0 amide bonds. The number of hydrogen-bond acceptors (Lipinski definition) is 3. The molecule has 2 aromatic rings. The summed E-state index contributed by atoms with van der Waals surface area (Å²) >= 11 is 5.79. The van der Waals surface area contributed by atoms with Gasteiger partial charge in [-0.2, -0.15) is 0 Å². The van der Waals surface area contributed by atoms with Crippen LogP contribution in [-0.2, 0) is 11.2 Å². The maximum atomic E-state index is 11.4. The van der Waals surface area contributed by atoms with Gasteiger partial charge in [0.15, 0.2) is 0 Å². The Morgan fingerprint density at radius 2 is 1.71 bits per heavy atom. The molecule has 1 atom stereocenters. The van der Waals surface area contributed by atoms with Crippen LogP contribution < -0.4 is 0 Å². The Bertz CT molecular complexity index is 652. The van der Waals surface area contributed by atoms with Gasteiger partial charge in [-0.1, -0.05) is 35.9 Å². The molecule has 2 aromatic carbocycles. The minimum atomic E-state index is -0.948. The molecule has 0 aliphatic rings. The van der Waals surface area contributed by atoms with E-state index in [2.05, 4.69) is 0 Å². The highest BCUT2D eigenvalue weighted by Crippen LogP contribution is 2.24. The van der Waals surface area contributed by atoms with E-state index in [0.717, 1.165) is 5.56 Å². The number of aliphatic carboxylic acids is 1. The maximum Gasteiger partial charge on any atom is 0.311 e. The first-order valence-corrected chi connectivity index (χ1v) is 6.57. The summed E-state index contributed by atoms with van der Waals surface area (Å²) in [5, 5.41) is 20.5. The molecule has 5 nitrogen and oxygen atoms in total. The number of nitro groups is 1. The quantitative estimate of drug-likeness (QED) is 0.675. The average molecular weight is 306 g/mol. The van der Waals surface area contributed by atoms with E-state index in [0.29, 0.717) is 10.6 Å². The van der Waals surface area contributed by atoms with Gasteiger partial charge in [0.05, 0.1) is 10.8 Å². The van der Waals surface area contributed by atoms with Crippen molar-refractivity contribution in [2.45, 2.75) is 12.3 Å². The lowest BCUT2D eigenvalue weighted by Crippen LogP contribution is -2.14. The van der Waals surface area contributed by atoms with Crippen LogP contribution in [0.15, 0.2) is 48.5 Å². The molecular formula is C15H12ClNO4. The van der Waals surface area contributed by atoms with E-state index in [1.165, 1.54) is 12.1 Å². The van der Waals surface area contributed by atoms with Crippen LogP contribution in [0.2, 0.25) is 5.02 Å². The summed E-state index contributed by atoms with van der Waals surface area (Å²) in [6.07, 6.45) is 0.259. The summed E-state index contributed by atoms with van der Waals surface area (Å²) in [4.78, 5) is 21.5. The lowest BCUT2D eigenvalue weighted by molar-refractivity contribution is -0.384. The lowest BCUT2D eigenvalue weighted by atomic mass is 9.92. The number of halogens is 1. The summed E-state index contributed by atoms with van der Waals surface area (Å²) in [5.74, 6) is -1.67. The summed E-state index contributed by atoms with van der Waals surface area (Å²) in [5.41, 5.74) is 1.35. The minimum absolute atomic E-state index is 0.0166. The van der Waals surface area contributed by atoms with E-state index in [4.69, 9.17) is 11.6 Å². The van der Waals surface area contributed by atoms with Crippen LogP contribution in [-0.4, -0.2) is 16.0 Å². The first-order chi connectivity index (χ1) is 9.97. The van der Waals surface area contributed by atoms with Crippen molar-refractivity contribution in [1.82, 2.24) is 0 Å². The van der Waals surface area contributed by atoms with Crippen molar-refractivity contribution >= 4 is 23.3 Å². The van der Waals surface area contributed by atoms with Gasteiger partial charge in [0.25, 0.3) is 5.69 Å². The number of benzene rings is 2. The molecule has 0 bridgehead atoms. The predicted molar refractivity (Wildman–Crippen MR) is 78.6 cm³/mol. The van der Waals surface area contributed by atoms with Crippen molar-refractivity contribution in [3.63, 3.8) is 0 Å². The van der Waals surface area contributed by atoms with E-state index in [-0.39, 0.29) is 12.1 Å². The fraction of sp³-hybridized carbons (Fsp3) is 0.133. The predicted octanol–water partition coefficient (Wildman–Crippen LogP) is 3.66. The number of nitrogens with zero attached hydrogens (tertiary/aromatic N) is 1. The molecule has 0 heterocycles. The summed E-state index contributed by atoms with van der Waals surface area (Å²) < 4.78 is 0. The molecule has 0 radical (unpaired) electrons. The van der Waals surface area contributed by atoms with Gasteiger partial charge in [0.1, 0.15) is 0 Å². The van der Waals surface area contributed by atoms with Gasteiger partial charge in [-0.15, -0.1) is 0 Å². The molecule has 0 saturated heterocycles. The van der Waals surface area contributed by atoms with Crippen LogP contribution in [0, 0.1) is 10.1 Å². The van der Waals surface area contributed by atoms with Crippen LogP contribution in [0.3, 0.4) is 0 Å². The molecule has 0 aliphatic heterocycles. The average Bonchev–Trinajstić information content (AvgIpc) is 2.46. The highest BCUT2D eigenvalue weighted by Gasteiger charge is 2.20. The van der Waals surface area contributed by atoms with Crippen LogP contribution >= 0.6 is 11.6 Å². The van der Waals surface area contributed by atoms with Crippen molar-refractivity contribution in [3.05, 3.63) is 74.8 Å². The number of rotatable bonds is 5. The van der Waals surface area contributed by atoms with Gasteiger partial charge in [-0.25, -0.2) is 0 Å². The standard InChI is InChI=1S/C15H12ClNO4/c16-12-5-3-11(4-6-12)14(15(18)19)9-10-1-7-13(8-2-10)17(20)21/h1-8,14H,9H2,(H,18,19). The Kier molecular flexibility index (Phi) is 4.55. The zero-order chi connectivity index (χ0) is 15.4. The van der Waals surface area contributed by atoms with Crippen LogP contribution in [0.25, 0.3) is 0 Å². The molecule has 0 spiro atoms. The number of carboxylic acid groups (broad SMARTS) is 1. The SMILES string of the molecule is O=C(O)C(Cc1ccc([N+](=O)[O-])cc1)c1ccc(Cl)cc1. The molecule has 0 saturated carbocycles. The van der Waals surface area contributed by atoms with E-state index < -0.39 is 16.8 Å². The molecule has 0 fully saturated rings. The smallest absolute Gasteiger partial charge is 0.311 e. The zero-order valence-corrected chi connectivity index (χ0v) is 11.7. The van der Waals surface area contributed by atoms with Gasteiger partial charge in [-0.3, -0.25) is 14.9 Å². The Morgan fingerprint density at radius 1 is 1.14 bits per heavy atom. The van der Waals surface area contributed by atoms with Crippen LogP contribution in [0.1, 0.15) is 17.0 Å². The van der Waals surface area contributed by atoms with Gasteiger partial charge >= 0.3 is 5.97 Å². The molecule has 6 heteroatoms. The lowest BCUT2D eigenvalue weighted by Gasteiger charge is -2.13. The van der Waals surface area contributed by atoms with Gasteiger partial charge < -0.3 is 5.11 Å². The molecule has 108 valence electrons. The summed E-state index contributed by atoms with van der Waals surface area (Å²) in [6.45, 7) is 0. The first-order valence-electron chi connectivity index (χ1n) is 6.19. The molecule has 2 rings (SSSR count). The third-order valence-corrected chi connectivity index (χ3v) is 3.41. The molecule has 0 aliphatic carbocycles. The van der Waals surface area contributed by atoms with Crippen LogP contribution in [0.4, 0.5) is 5.69 Å². The van der Waals surface area contributed by atoms with Crippen molar-refractivity contribution in [2.75, 3.05) is 0 Å². The normalized spacial score (nSPS) is 11.9. The molecule has 21 heavy (non-hydrogen) atoms. The molecule has 1 unspecified atom stereocenters. The Morgan fingerprint density at radius 3 is 2.19 bits per heavy atom. The van der Waals surface area contributed by atoms with Crippen molar-refractivity contribution in [2.24, 2.45) is 0 Å². The Hall–Kier alpha value is -2.40. The topological polar surface area (TPSA) is 80.4 Å². The molecular weight excluding hydrogens is 294 g/mol. The Balaban J connectivity index is 2.22. The molecule has 1 N–H and O–H groups in total. The van der Waals surface area contributed by atoms with E-state index >= 15 is 0 Å². The van der Waals surface area contributed by atoms with E-state index in [9.17, 15) is 20.0 Å². The number of carboxylic acids is 1. The van der Waals surface area contributed by atoms with Gasteiger partial charge in [0.2, 0.25) is 0 Å². The fourth-order valence-corrected chi connectivity index (χ4v) is 2.16.